The molecule has 108 valence electrons. The summed E-state index contributed by atoms with van der Waals surface area (Å²) in [7, 11) is 1.99. The summed E-state index contributed by atoms with van der Waals surface area (Å²) in [5.74, 6) is 0. The number of rotatable bonds is 9. The molecule has 0 spiro atoms. The van der Waals surface area contributed by atoms with Crippen LogP contribution in [-0.2, 0) is 0 Å². The maximum atomic E-state index is 6.26. The van der Waals surface area contributed by atoms with Gasteiger partial charge in [0.2, 0.25) is 0 Å². The zero-order valence-corrected chi connectivity index (χ0v) is 13.5. The van der Waals surface area contributed by atoms with Gasteiger partial charge in [-0.1, -0.05) is 74.7 Å². The molecule has 0 bridgehead atoms. The van der Waals surface area contributed by atoms with E-state index in [9.17, 15) is 0 Å². The van der Waals surface area contributed by atoms with Gasteiger partial charge in [0.15, 0.2) is 0 Å². The second kappa shape index (κ2) is 9.63. The highest BCUT2D eigenvalue weighted by molar-refractivity contribution is 6.35. The van der Waals surface area contributed by atoms with Gasteiger partial charge in [-0.3, -0.25) is 0 Å². The van der Waals surface area contributed by atoms with E-state index in [1.54, 1.807) is 0 Å². The highest BCUT2D eigenvalue weighted by Crippen LogP contribution is 2.29. The molecule has 0 amide bonds. The lowest BCUT2D eigenvalue weighted by Gasteiger charge is -2.18. The van der Waals surface area contributed by atoms with Gasteiger partial charge in [0.05, 0.1) is 0 Å². The number of nitrogens with one attached hydrogen (secondary N) is 1. The van der Waals surface area contributed by atoms with Crippen LogP contribution in [0.25, 0.3) is 0 Å². The molecule has 0 saturated heterocycles. The quantitative estimate of drug-likeness (QED) is 0.551. The van der Waals surface area contributed by atoms with E-state index < -0.39 is 0 Å². The van der Waals surface area contributed by atoms with Crippen molar-refractivity contribution < 1.29 is 0 Å². The van der Waals surface area contributed by atoms with Crippen LogP contribution in [0.15, 0.2) is 18.2 Å². The van der Waals surface area contributed by atoms with Crippen molar-refractivity contribution in [2.45, 2.75) is 57.9 Å². The summed E-state index contributed by atoms with van der Waals surface area (Å²) in [5.41, 5.74) is 1.15. The van der Waals surface area contributed by atoms with Crippen molar-refractivity contribution >= 4 is 23.2 Å². The average Bonchev–Trinajstić information content (AvgIpc) is 2.39. The Kier molecular flexibility index (Phi) is 8.52. The van der Waals surface area contributed by atoms with Gasteiger partial charge in [0.1, 0.15) is 0 Å². The van der Waals surface area contributed by atoms with Crippen LogP contribution in [0.5, 0.6) is 0 Å². The van der Waals surface area contributed by atoms with E-state index in [0.29, 0.717) is 11.1 Å². The molecule has 0 aliphatic heterocycles. The lowest BCUT2D eigenvalue weighted by molar-refractivity contribution is 0.498. The maximum Gasteiger partial charge on any atom is 0.0468 e. The summed E-state index contributed by atoms with van der Waals surface area (Å²) in [6.07, 6.45) is 9.06. The monoisotopic (exact) mass is 301 g/mol. The predicted molar refractivity (Wildman–Crippen MR) is 86.3 cm³/mol. The Balaban J connectivity index is 2.40. The van der Waals surface area contributed by atoms with Crippen LogP contribution in [-0.4, -0.2) is 7.05 Å². The van der Waals surface area contributed by atoms with Crippen molar-refractivity contribution in [2.75, 3.05) is 7.05 Å². The second-order valence-corrected chi connectivity index (χ2v) is 5.91. The van der Waals surface area contributed by atoms with E-state index in [-0.39, 0.29) is 0 Å². The van der Waals surface area contributed by atoms with Crippen LogP contribution < -0.4 is 5.32 Å². The molecular weight excluding hydrogens is 277 g/mol. The Morgan fingerprint density at radius 2 is 1.74 bits per heavy atom. The smallest absolute Gasteiger partial charge is 0.0468 e. The summed E-state index contributed by atoms with van der Waals surface area (Å²) in [6, 6.07) is 6.09. The van der Waals surface area contributed by atoms with Crippen LogP contribution in [0.4, 0.5) is 0 Å². The molecule has 1 aromatic rings. The fourth-order valence-corrected chi connectivity index (χ4v) is 2.91. The van der Waals surface area contributed by atoms with Crippen LogP contribution in [0.1, 0.15) is 63.5 Å². The number of halogens is 2. The van der Waals surface area contributed by atoms with Gasteiger partial charge < -0.3 is 5.32 Å². The number of hydrogen-bond donors (Lipinski definition) is 1. The fourth-order valence-electron chi connectivity index (χ4n) is 2.37. The zero-order chi connectivity index (χ0) is 14.1. The average molecular weight is 302 g/mol. The van der Waals surface area contributed by atoms with Gasteiger partial charge in [0, 0.05) is 16.1 Å². The van der Waals surface area contributed by atoms with E-state index in [0.717, 1.165) is 17.0 Å². The molecule has 0 aliphatic carbocycles. The summed E-state index contributed by atoms with van der Waals surface area (Å²) >= 11 is 12.2. The molecule has 3 heteroatoms. The molecule has 1 atom stereocenters. The molecule has 0 aromatic heterocycles. The molecular formula is C16H25Cl2N. The first-order chi connectivity index (χ1) is 9.19. The minimum atomic E-state index is 0.330. The first-order valence-electron chi connectivity index (χ1n) is 7.31. The lowest BCUT2D eigenvalue weighted by Crippen LogP contribution is -2.16. The van der Waals surface area contributed by atoms with Crippen molar-refractivity contribution in [3.63, 3.8) is 0 Å². The molecule has 1 unspecified atom stereocenters. The van der Waals surface area contributed by atoms with Crippen molar-refractivity contribution in [3.05, 3.63) is 33.8 Å². The van der Waals surface area contributed by atoms with E-state index in [1.807, 2.05) is 25.2 Å². The van der Waals surface area contributed by atoms with Crippen molar-refractivity contribution in [2.24, 2.45) is 0 Å². The van der Waals surface area contributed by atoms with Crippen LogP contribution in [0.2, 0.25) is 10.0 Å². The summed E-state index contributed by atoms with van der Waals surface area (Å²) in [6.45, 7) is 2.25. The topological polar surface area (TPSA) is 12.0 Å². The summed E-state index contributed by atoms with van der Waals surface area (Å²) < 4.78 is 0. The van der Waals surface area contributed by atoms with Crippen LogP contribution >= 0.6 is 23.2 Å². The van der Waals surface area contributed by atoms with E-state index in [1.165, 1.54) is 38.5 Å². The Bertz CT molecular complexity index is 366. The second-order valence-electron chi connectivity index (χ2n) is 5.06. The molecule has 0 saturated carbocycles. The molecule has 1 aromatic carbocycles. The lowest BCUT2D eigenvalue weighted by atomic mass is 9.99. The fraction of sp³-hybridized carbons (Fsp3) is 0.625. The minimum absolute atomic E-state index is 0.330. The van der Waals surface area contributed by atoms with Crippen molar-refractivity contribution in [1.82, 2.24) is 5.32 Å². The Morgan fingerprint density at radius 1 is 1.05 bits per heavy atom. The molecule has 1 N–H and O–H groups in total. The molecule has 19 heavy (non-hydrogen) atoms. The molecule has 0 radical (unpaired) electrons. The maximum absolute atomic E-state index is 6.26. The number of hydrogen-bond acceptors (Lipinski definition) is 1. The van der Waals surface area contributed by atoms with E-state index >= 15 is 0 Å². The molecule has 0 fully saturated rings. The van der Waals surface area contributed by atoms with Gasteiger partial charge >= 0.3 is 0 Å². The highest BCUT2D eigenvalue weighted by Gasteiger charge is 2.12. The predicted octanol–water partition coefficient (Wildman–Crippen LogP) is 6.00. The van der Waals surface area contributed by atoms with Gasteiger partial charge in [0.25, 0.3) is 0 Å². The van der Waals surface area contributed by atoms with E-state index in [2.05, 4.69) is 12.2 Å². The van der Waals surface area contributed by atoms with Gasteiger partial charge in [-0.05, 0) is 31.2 Å². The van der Waals surface area contributed by atoms with Gasteiger partial charge in [-0.2, -0.15) is 0 Å². The van der Waals surface area contributed by atoms with Crippen LogP contribution in [0.3, 0.4) is 0 Å². The van der Waals surface area contributed by atoms with Crippen molar-refractivity contribution in [1.29, 1.82) is 0 Å². The number of benzene rings is 1. The zero-order valence-electron chi connectivity index (χ0n) is 12.0. The van der Waals surface area contributed by atoms with Gasteiger partial charge in [-0.15, -0.1) is 0 Å². The third kappa shape index (κ3) is 6.16. The Hall–Kier alpha value is -0.240. The largest absolute Gasteiger partial charge is 0.313 e. The number of unbranched alkanes of at least 4 members (excludes halogenated alkanes) is 5. The Morgan fingerprint density at radius 3 is 2.37 bits per heavy atom. The third-order valence-corrected chi connectivity index (χ3v) is 4.10. The molecule has 0 aliphatic rings. The standard InChI is InChI=1S/C16H25Cl2N/c1-3-4-5-6-7-8-9-16(19-2)14-11-10-13(17)12-15(14)18/h10-12,16,19H,3-9H2,1-2H3. The highest BCUT2D eigenvalue weighted by atomic mass is 35.5. The first-order valence-corrected chi connectivity index (χ1v) is 8.06. The normalized spacial score (nSPS) is 12.6. The Labute approximate surface area is 127 Å². The van der Waals surface area contributed by atoms with Crippen molar-refractivity contribution in [3.8, 4) is 0 Å². The molecule has 1 rings (SSSR count). The van der Waals surface area contributed by atoms with E-state index in [4.69, 9.17) is 23.2 Å². The van der Waals surface area contributed by atoms with Crippen LogP contribution in [0, 0.1) is 0 Å². The SMILES string of the molecule is CCCCCCCCC(NC)c1ccc(Cl)cc1Cl. The molecule has 0 heterocycles. The summed E-state index contributed by atoms with van der Waals surface area (Å²) in [4.78, 5) is 0. The molecule has 1 nitrogen and oxygen atoms in total. The third-order valence-electron chi connectivity index (χ3n) is 3.53. The van der Waals surface area contributed by atoms with Gasteiger partial charge in [-0.25, -0.2) is 0 Å². The minimum Gasteiger partial charge on any atom is -0.313 e. The first kappa shape index (κ1) is 16.8. The summed E-state index contributed by atoms with van der Waals surface area (Å²) in [5, 5.41) is 4.81.